The average Bonchev–Trinajstić information content (AvgIpc) is 4.06. The van der Waals surface area contributed by atoms with Crippen molar-refractivity contribution >= 4 is 44.4 Å². The predicted molar refractivity (Wildman–Crippen MR) is 201 cm³/mol. The number of nitrogens with one attached hydrogen (secondary N) is 1. The van der Waals surface area contributed by atoms with Gasteiger partial charge in [-0.05, 0) is 82.3 Å². The third-order valence-electron chi connectivity index (χ3n) is 12.3. The van der Waals surface area contributed by atoms with Gasteiger partial charge < -0.3 is 19.1 Å². The van der Waals surface area contributed by atoms with Gasteiger partial charge in [-0.25, -0.2) is 12.8 Å². The minimum Gasteiger partial charge on any atom is -0.479 e. The lowest BCUT2D eigenvalue weighted by Gasteiger charge is -2.33. The molecule has 0 bridgehead atoms. The molecule has 0 unspecified atom stereocenters. The molecular weight excluding hydrogens is 789 g/mol. The monoisotopic (exact) mass is 838 g/mol. The van der Waals surface area contributed by atoms with E-state index in [-0.39, 0.29) is 49.9 Å². The first kappa shape index (κ1) is 43.2. The Morgan fingerprint density at radius 1 is 1.03 bits per heavy atom. The third-order valence-corrected chi connectivity index (χ3v) is 14.5. The molecule has 7 atom stereocenters. The fraction of sp³-hybridized carbons (Fsp3) is 0.650. The predicted octanol–water partition coefficient (Wildman–Crippen LogP) is 5.80. The number of nitrogens with zero attached hydrogens (tertiary/aromatic N) is 3. The van der Waals surface area contributed by atoms with E-state index in [4.69, 9.17) is 14.2 Å². The summed E-state index contributed by atoms with van der Waals surface area (Å²) in [4.78, 5) is 57.8. The summed E-state index contributed by atoms with van der Waals surface area (Å²) < 4.78 is 98.4. The van der Waals surface area contributed by atoms with Gasteiger partial charge in [0.1, 0.15) is 17.5 Å². The number of ether oxygens (including phenoxy) is 3. The number of Topliss-reactive ketones (excluding diaryl/α,β-unsaturated/α-hetero) is 1. The molecule has 2 amide bonds. The van der Waals surface area contributed by atoms with Crippen LogP contribution in [0, 0.1) is 29.1 Å². The molecule has 3 heterocycles. The average molecular weight is 839 g/mol. The molecule has 1 N–H and O–H groups in total. The second-order valence-electron chi connectivity index (χ2n) is 17.0. The van der Waals surface area contributed by atoms with Gasteiger partial charge in [-0.3, -0.25) is 23.9 Å². The van der Waals surface area contributed by atoms with Crippen LogP contribution in [0.25, 0.3) is 10.8 Å². The molecule has 4 aliphatic rings. The molecule has 3 fully saturated rings. The Morgan fingerprint density at radius 2 is 1.69 bits per heavy atom. The molecule has 1 aromatic carbocycles. The van der Waals surface area contributed by atoms with Crippen LogP contribution in [-0.2, 0) is 33.9 Å². The van der Waals surface area contributed by atoms with Gasteiger partial charge in [-0.2, -0.15) is 13.2 Å². The zero-order valence-corrected chi connectivity index (χ0v) is 34.0. The van der Waals surface area contributed by atoms with Crippen LogP contribution < -0.4 is 14.2 Å². The first-order chi connectivity index (χ1) is 27.2. The Bertz CT molecular complexity index is 2080. The van der Waals surface area contributed by atoms with Crippen molar-refractivity contribution < 1.29 is 59.4 Å². The number of allylic oxidation sites excluding steroid dienone is 2. The van der Waals surface area contributed by atoms with Gasteiger partial charge >= 0.3 is 12.1 Å². The first-order valence-corrected chi connectivity index (χ1v) is 21.0. The Hall–Kier alpha value is -4.35. The number of carbonyl (C=O) groups excluding carboxylic acids is 4. The van der Waals surface area contributed by atoms with Crippen LogP contribution in [0.3, 0.4) is 0 Å². The molecule has 2 aliphatic carbocycles. The first-order valence-electron chi connectivity index (χ1n) is 19.5. The van der Waals surface area contributed by atoms with Gasteiger partial charge in [0.05, 0.1) is 48.2 Å². The van der Waals surface area contributed by atoms with Crippen molar-refractivity contribution in [2.45, 2.75) is 114 Å². The molecule has 1 saturated heterocycles. The lowest BCUT2D eigenvalue weighted by atomic mass is 9.82. The van der Waals surface area contributed by atoms with Gasteiger partial charge in [0.15, 0.2) is 5.78 Å². The SMILES string of the molecule is COc1nnc(O[C@@H]2C[C@H]3C(=O)C[C@]4(C(=O)NS(=O)(=O)C5(CF)CC5)C[C@H]4/C=C\CC[C@@H](C)C[C@@H](C)[C@H](CC(=O)OC(C)(C)C(F)(F)F)C(=O)N3C2)c2ccccc12. The zero-order valence-electron chi connectivity index (χ0n) is 33.1. The highest BCUT2D eigenvalue weighted by Gasteiger charge is 2.63. The number of benzene rings is 1. The molecule has 2 saturated carbocycles. The summed E-state index contributed by atoms with van der Waals surface area (Å²) in [5.74, 6) is -5.43. The van der Waals surface area contributed by atoms with Crippen LogP contribution in [0.1, 0.15) is 85.5 Å². The quantitative estimate of drug-likeness (QED) is 0.174. The maximum absolute atomic E-state index is 14.8. The van der Waals surface area contributed by atoms with E-state index < -0.39 is 105 Å². The minimum atomic E-state index is -4.89. The van der Waals surface area contributed by atoms with Crippen LogP contribution in [0.15, 0.2) is 36.4 Å². The Labute approximate surface area is 334 Å². The third kappa shape index (κ3) is 8.53. The lowest BCUT2D eigenvalue weighted by Crippen LogP contribution is -2.49. The highest BCUT2D eigenvalue weighted by Crippen LogP contribution is 2.58. The number of hydrogen-bond donors (Lipinski definition) is 1. The Balaban J connectivity index is 1.36. The summed E-state index contributed by atoms with van der Waals surface area (Å²) in [7, 11) is -2.99. The van der Waals surface area contributed by atoms with Crippen LogP contribution in [0.4, 0.5) is 17.6 Å². The summed E-state index contributed by atoms with van der Waals surface area (Å²) in [5, 5.41) is 9.39. The molecule has 13 nitrogen and oxygen atoms in total. The minimum absolute atomic E-state index is 0.0236. The normalized spacial score (nSPS) is 29.6. The molecular formula is C40H50F4N4O9S. The highest BCUT2D eigenvalue weighted by molar-refractivity contribution is 7.91. The maximum Gasteiger partial charge on any atom is 0.427 e. The van der Waals surface area contributed by atoms with E-state index in [0.29, 0.717) is 30.0 Å². The number of aromatic nitrogens is 2. The molecule has 6 rings (SSSR count). The van der Waals surface area contributed by atoms with Crippen molar-refractivity contribution in [3.8, 4) is 11.8 Å². The van der Waals surface area contributed by atoms with Crippen LogP contribution in [-0.4, -0.2) is 96.1 Å². The number of esters is 1. The topological polar surface area (TPSA) is 171 Å². The number of fused-ring (bicyclic) bond motifs is 3. The van der Waals surface area contributed by atoms with E-state index in [1.54, 1.807) is 37.3 Å². The van der Waals surface area contributed by atoms with Crippen LogP contribution in [0.5, 0.6) is 11.8 Å². The van der Waals surface area contributed by atoms with E-state index in [0.717, 1.165) is 13.8 Å². The van der Waals surface area contributed by atoms with E-state index in [2.05, 4.69) is 14.9 Å². The summed E-state index contributed by atoms with van der Waals surface area (Å²) >= 11 is 0. The van der Waals surface area contributed by atoms with E-state index in [1.165, 1.54) is 12.0 Å². The number of ketones is 1. The number of hydrogen-bond acceptors (Lipinski definition) is 11. The van der Waals surface area contributed by atoms with Crippen LogP contribution >= 0.6 is 0 Å². The number of methoxy groups -OCH3 is 1. The van der Waals surface area contributed by atoms with E-state index >= 15 is 0 Å². The summed E-state index contributed by atoms with van der Waals surface area (Å²) in [6, 6.07) is 5.74. The fourth-order valence-corrected chi connectivity index (χ4v) is 9.70. The maximum atomic E-state index is 14.8. The molecule has 318 valence electrons. The summed E-state index contributed by atoms with van der Waals surface area (Å²) in [6.45, 7) is 3.74. The van der Waals surface area contributed by atoms with Gasteiger partial charge in [0.25, 0.3) is 0 Å². The molecule has 1 aromatic heterocycles. The Kier molecular flexibility index (Phi) is 11.9. The smallest absolute Gasteiger partial charge is 0.427 e. The summed E-state index contributed by atoms with van der Waals surface area (Å²) in [6.07, 6.45) is -1.61. The van der Waals surface area contributed by atoms with Gasteiger partial charge in [-0.1, -0.05) is 38.1 Å². The largest absolute Gasteiger partial charge is 0.479 e. The summed E-state index contributed by atoms with van der Waals surface area (Å²) in [5.41, 5.74) is -4.35. The van der Waals surface area contributed by atoms with Crippen molar-refractivity contribution in [2.75, 3.05) is 20.3 Å². The highest BCUT2D eigenvalue weighted by atomic mass is 32.2. The van der Waals surface area contributed by atoms with E-state index in [9.17, 15) is 45.2 Å². The number of halogens is 4. The number of sulfonamides is 1. The van der Waals surface area contributed by atoms with Gasteiger partial charge in [0, 0.05) is 12.8 Å². The molecule has 2 aliphatic heterocycles. The van der Waals surface area contributed by atoms with Crippen LogP contribution in [0.2, 0.25) is 0 Å². The lowest BCUT2D eigenvalue weighted by molar-refractivity contribution is -0.257. The van der Waals surface area contributed by atoms with Crippen molar-refractivity contribution in [1.29, 1.82) is 0 Å². The molecule has 0 spiro atoms. The zero-order chi connectivity index (χ0) is 42.4. The van der Waals surface area contributed by atoms with E-state index in [1.807, 2.05) is 13.0 Å². The molecule has 18 heteroatoms. The van der Waals surface area contributed by atoms with Gasteiger partial charge in [0.2, 0.25) is 39.2 Å². The molecule has 2 aromatic rings. The van der Waals surface area contributed by atoms with Crippen molar-refractivity contribution in [2.24, 2.45) is 29.1 Å². The van der Waals surface area contributed by atoms with Gasteiger partial charge in [-0.15, -0.1) is 10.2 Å². The molecule has 0 radical (unpaired) electrons. The standard InChI is InChI=1S/C40H50F4N4O9S/c1-23-10-6-7-11-25-19-39(25,36(52)47-58(53,54)38(22-41)14-15-38)20-31(49)30-17-26(56-34-28-13-9-8-12-27(28)33(55-5)45-46-34)21-48(30)35(51)29(24(2)16-23)18-32(50)57-37(3,4)40(42,43)44/h7-9,11-13,23-26,29-30H,6,10,14-22H2,1-5H3,(H,47,52)/b11-7-/t23-,24-,25-,26-,29+,30+,39-/m1/s1. The van der Waals surface area contributed by atoms with Crippen molar-refractivity contribution in [3.05, 3.63) is 36.4 Å². The second kappa shape index (κ2) is 16.0. The Morgan fingerprint density at radius 3 is 2.31 bits per heavy atom. The number of amides is 2. The second-order valence-corrected chi connectivity index (χ2v) is 19.1. The number of carbonyl (C=O) groups is 4. The number of rotatable bonds is 10. The number of alkyl halides is 4. The van der Waals surface area contributed by atoms with Crippen molar-refractivity contribution in [3.63, 3.8) is 0 Å². The molecule has 58 heavy (non-hydrogen) atoms. The van der Waals surface area contributed by atoms with Crippen molar-refractivity contribution in [1.82, 2.24) is 19.8 Å². The fourth-order valence-electron chi connectivity index (χ4n) is 8.25.